The van der Waals surface area contributed by atoms with E-state index in [1.54, 1.807) is 0 Å². The number of halogens is 3. The van der Waals surface area contributed by atoms with Crippen molar-refractivity contribution < 1.29 is 13.2 Å². The van der Waals surface area contributed by atoms with Crippen LogP contribution in [0.25, 0.3) is 0 Å². The molecule has 102 valence electrons. The summed E-state index contributed by atoms with van der Waals surface area (Å²) >= 11 is 0. The molecule has 3 N–H and O–H groups in total. The Morgan fingerprint density at radius 1 is 1.29 bits per heavy atom. The fourth-order valence-electron chi connectivity index (χ4n) is 3.10. The second-order valence-corrected chi connectivity index (χ2v) is 5.15. The van der Waals surface area contributed by atoms with E-state index in [2.05, 4.69) is 12.3 Å². The molecule has 1 fully saturated rings. The molecule has 0 radical (unpaired) electrons. The van der Waals surface area contributed by atoms with Gasteiger partial charge in [0, 0.05) is 12.5 Å². The molecule has 1 rings (SSSR count). The fraction of sp³-hybridized carbons (Fsp3) is 1.00. The van der Waals surface area contributed by atoms with Crippen LogP contribution in [0.3, 0.4) is 0 Å². The van der Waals surface area contributed by atoms with Gasteiger partial charge < -0.3 is 0 Å². The smallest absolute Gasteiger partial charge is 0.271 e. The van der Waals surface area contributed by atoms with Gasteiger partial charge in [-0.2, -0.15) is 13.2 Å². The Morgan fingerprint density at radius 2 is 1.88 bits per heavy atom. The Bertz CT molecular complexity index is 222. The third-order valence-electron chi connectivity index (χ3n) is 4.20. The van der Waals surface area contributed by atoms with Gasteiger partial charge in [0.1, 0.15) is 0 Å². The minimum absolute atomic E-state index is 0.0253. The summed E-state index contributed by atoms with van der Waals surface area (Å²) in [6, 6.07) is 0.0253. The zero-order valence-corrected chi connectivity index (χ0v) is 10.4. The van der Waals surface area contributed by atoms with Gasteiger partial charge in [0.2, 0.25) is 0 Å². The Balaban J connectivity index is 2.47. The lowest BCUT2D eigenvalue weighted by molar-refractivity contribution is -0.136. The number of hydrogen-bond donors (Lipinski definition) is 2. The number of alkyl halides is 3. The molecule has 0 aliphatic heterocycles. The molecule has 0 aromatic carbocycles. The molecule has 0 aromatic heterocycles. The third kappa shape index (κ3) is 4.14. The molecule has 5 heteroatoms. The molecule has 0 saturated heterocycles. The standard InChI is InChI=1S/C12H23F3N2/c1-2-11(7-3-4-8-11)10(17-16)6-5-9-12(13,14)15/h10,17H,2-9,16H2,1H3. The second-order valence-electron chi connectivity index (χ2n) is 5.15. The van der Waals surface area contributed by atoms with E-state index >= 15 is 0 Å². The summed E-state index contributed by atoms with van der Waals surface area (Å²) in [5, 5.41) is 0. The predicted molar refractivity (Wildman–Crippen MR) is 62.2 cm³/mol. The molecular formula is C12H23F3N2. The van der Waals surface area contributed by atoms with Crippen LogP contribution in [0.5, 0.6) is 0 Å². The number of hydrazine groups is 1. The molecule has 1 saturated carbocycles. The average molecular weight is 252 g/mol. The maximum Gasteiger partial charge on any atom is 0.389 e. The molecule has 1 aliphatic rings. The van der Waals surface area contributed by atoms with Gasteiger partial charge in [-0.25, -0.2) is 0 Å². The first-order valence-electron chi connectivity index (χ1n) is 6.46. The molecule has 0 heterocycles. The summed E-state index contributed by atoms with van der Waals surface area (Å²) in [6.07, 6.45) is 1.45. The van der Waals surface area contributed by atoms with Gasteiger partial charge in [0.15, 0.2) is 0 Å². The van der Waals surface area contributed by atoms with E-state index in [1.807, 2.05) is 0 Å². The van der Waals surface area contributed by atoms with Gasteiger partial charge in [-0.3, -0.25) is 11.3 Å². The highest BCUT2D eigenvalue weighted by atomic mass is 19.4. The van der Waals surface area contributed by atoms with E-state index in [0.29, 0.717) is 6.42 Å². The monoisotopic (exact) mass is 252 g/mol. The summed E-state index contributed by atoms with van der Waals surface area (Å²) in [5.41, 5.74) is 2.88. The van der Waals surface area contributed by atoms with Crippen LogP contribution in [0.15, 0.2) is 0 Å². The van der Waals surface area contributed by atoms with Crippen molar-refractivity contribution in [2.75, 3.05) is 0 Å². The van der Waals surface area contributed by atoms with E-state index in [4.69, 9.17) is 5.84 Å². The molecule has 0 spiro atoms. The van der Waals surface area contributed by atoms with Crippen LogP contribution < -0.4 is 11.3 Å². The summed E-state index contributed by atoms with van der Waals surface area (Å²) < 4.78 is 36.3. The molecule has 2 nitrogen and oxygen atoms in total. The molecule has 1 atom stereocenters. The number of nitrogens with two attached hydrogens (primary N) is 1. The van der Waals surface area contributed by atoms with Crippen LogP contribution >= 0.6 is 0 Å². The van der Waals surface area contributed by atoms with Gasteiger partial charge in [-0.05, 0) is 37.5 Å². The molecule has 1 unspecified atom stereocenters. The quantitative estimate of drug-likeness (QED) is 0.560. The van der Waals surface area contributed by atoms with Crippen molar-refractivity contribution in [3.05, 3.63) is 0 Å². The molecule has 17 heavy (non-hydrogen) atoms. The summed E-state index contributed by atoms with van der Waals surface area (Å²) in [7, 11) is 0. The zero-order chi connectivity index (χ0) is 12.9. The number of rotatable bonds is 6. The average Bonchev–Trinajstić information content (AvgIpc) is 2.72. The van der Waals surface area contributed by atoms with Gasteiger partial charge >= 0.3 is 6.18 Å². The maximum atomic E-state index is 12.1. The highest BCUT2D eigenvalue weighted by molar-refractivity contribution is 4.92. The molecule has 0 aromatic rings. The van der Waals surface area contributed by atoms with Gasteiger partial charge in [-0.15, -0.1) is 0 Å². The van der Waals surface area contributed by atoms with E-state index in [9.17, 15) is 13.2 Å². The first kappa shape index (κ1) is 14.8. The maximum absolute atomic E-state index is 12.1. The lowest BCUT2D eigenvalue weighted by Gasteiger charge is -2.36. The lowest BCUT2D eigenvalue weighted by atomic mass is 9.74. The van der Waals surface area contributed by atoms with Crippen molar-refractivity contribution in [2.24, 2.45) is 11.3 Å². The topological polar surface area (TPSA) is 38.0 Å². The third-order valence-corrected chi connectivity index (χ3v) is 4.20. The fourth-order valence-corrected chi connectivity index (χ4v) is 3.10. The van der Waals surface area contributed by atoms with Crippen LogP contribution in [0.2, 0.25) is 0 Å². The SMILES string of the molecule is CCC1(C(CCCC(F)(F)F)NN)CCCC1. The Morgan fingerprint density at radius 3 is 2.29 bits per heavy atom. The normalized spacial score (nSPS) is 21.7. The highest BCUT2D eigenvalue weighted by Crippen LogP contribution is 2.45. The van der Waals surface area contributed by atoms with Crippen LogP contribution in [0.4, 0.5) is 13.2 Å². The highest BCUT2D eigenvalue weighted by Gasteiger charge is 2.39. The van der Waals surface area contributed by atoms with E-state index in [-0.39, 0.29) is 17.9 Å². The van der Waals surface area contributed by atoms with Crippen molar-refractivity contribution in [1.29, 1.82) is 0 Å². The zero-order valence-electron chi connectivity index (χ0n) is 10.4. The van der Waals surface area contributed by atoms with Crippen LogP contribution in [-0.4, -0.2) is 12.2 Å². The van der Waals surface area contributed by atoms with Crippen molar-refractivity contribution >= 4 is 0 Å². The Hall–Kier alpha value is -0.290. The lowest BCUT2D eigenvalue weighted by Crippen LogP contribution is -2.47. The van der Waals surface area contributed by atoms with Crippen LogP contribution in [0.1, 0.15) is 58.3 Å². The van der Waals surface area contributed by atoms with Gasteiger partial charge in [-0.1, -0.05) is 19.8 Å². The Kier molecular flexibility index (Phi) is 5.25. The molecule has 0 amide bonds. The largest absolute Gasteiger partial charge is 0.389 e. The minimum Gasteiger partial charge on any atom is -0.271 e. The van der Waals surface area contributed by atoms with Gasteiger partial charge in [0.05, 0.1) is 0 Å². The van der Waals surface area contributed by atoms with Crippen molar-refractivity contribution in [2.45, 2.75) is 70.5 Å². The second kappa shape index (κ2) is 6.05. The first-order valence-corrected chi connectivity index (χ1v) is 6.46. The number of hydrogen-bond acceptors (Lipinski definition) is 2. The van der Waals surface area contributed by atoms with E-state index in [0.717, 1.165) is 19.3 Å². The summed E-state index contributed by atoms with van der Waals surface area (Å²) in [6.45, 7) is 2.11. The molecule has 0 bridgehead atoms. The summed E-state index contributed by atoms with van der Waals surface area (Å²) in [5.74, 6) is 5.53. The van der Waals surface area contributed by atoms with E-state index < -0.39 is 12.6 Å². The Labute approximate surface area is 101 Å². The minimum atomic E-state index is -4.05. The summed E-state index contributed by atoms with van der Waals surface area (Å²) in [4.78, 5) is 0. The predicted octanol–water partition coefficient (Wildman–Crippen LogP) is 3.52. The molecular weight excluding hydrogens is 229 g/mol. The van der Waals surface area contributed by atoms with Gasteiger partial charge in [0.25, 0.3) is 0 Å². The number of nitrogens with one attached hydrogen (secondary N) is 1. The van der Waals surface area contributed by atoms with Crippen molar-refractivity contribution in [3.63, 3.8) is 0 Å². The first-order chi connectivity index (χ1) is 7.93. The van der Waals surface area contributed by atoms with Crippen molar-refractivity contribution in [1.82, 2.24) is 5.43 Å². The van der Waals surface area contributed by atoms with Crippen LogP contribution in [-0.2, 0) is 0 Å². The van der Waals surface area contributed by atoms with E-state index in [1.165, 1.54) is 12.8 Å². The van der Waals surface area contributed by atoms with Crippen molar-refractivity contribution in [3.8, 4) is 0 Å². The van der Waals surface area contributed by atoms with Crippen LogP contribution in [0, 0.1) is 5.41 Å². The molecule has 1 aliphatic carbocycles.